The van der Waals surface area contributed by atoms with E-state index in [9.17, 15) is 29.4 Å². The number of carbonyl (C=O) groups is 4. The summed E-state index contributed by atoms with van der Waals surface area (Å²) in [4.78, 5) is 39.7. The summed E-state index contributed by atoms with van der Waals surface area (Å²) in [7, 11) is 0. The van der Waals surface area contributed by atoms with Gasteiger partial charge in [0.15, 0.2) is 12.6 Å². The van der Waals surface area contributed by atoms with Gasteiger partial charge in [-0.05, 0) is 0 Å². The second kappa shape index (κ2) is 14.7. The van der Waals surface area contributed by atoms with E-state index in [-0.39, 0.29) is 35.6 Å². The van der Waals surface area contributed by atoms with Gasteiger partial charge in [-0.3, -0.25) is 0 Å². The molecule has 0 spiro atoms. The molecule has 0 radical (unpaired) electrons. The van der Waals surface area contributed by atoms with Gasteiger partial charge in [0.25, 0.3) is 0 Å². The number of carbonyl (C=O) groups excluding carboxylic acids is 4. The minimum absolute atomic E-state index is 0. The van der Waals surface area contributed by atoms with Gasteiger partial charge < -0.3 is 70.2 Å². The molecule has 0 rings (SSSR count). The Bertz CT molecular complexity index is 431. The summed E-state index contributed by atoms with van der Waals surface area (Å²) in [5, 5.41) is 89.7. The van der Waals surface area contributed by atoms with E-state index in [1.54, 1.807) is 0 Å². The Morgan fingerprint density at radius 2 is 0.815 bits per heavy atom. The summed E-state index contributed by atoms with van der Waals surface area (Å²) >= 11 is 0. The average Bonchev–Trinajstić information content (AvgIpc) is 2.62. The van der Waals surface area contributed by atoms with Crippen molar-refractivity contribution < 1.29 is 70.2 Å². The van der Waals surface area contributed by atoms with E-state index >= 15 is 0 Å². The van der Waals surface area contributed by atoms with E-state index in [0.29, 0.717) is 0 Å². The molecule has 0 aromatic rings. The largest absolute Gasteiger partial charge is 2.00 e. The van der Waals surface area contributed by atoms with Gasteiger partial charge in [-0.25, -0.2) is 0 Å². The summed E-state index contributed by atoms with van der Waals surface area (Å²) in [6.45, 7) is 0. The summed E-state index contributed by atoms with van der Waals surface area (Å²) < 4.78 is 0. The molecule has 0 aliphatic heterocycles. The molecule has 27 heavy (non-hydrogen) atoms. The van der Waals surface area contributed by atoms with Crippen LogP contribution >= 0.6 is 0 Å². The Hall–Kier alpha value is -1.27. The fourth-order valence-electron chi connectivity index (χ4n) is 1.22. The molecule has 0 saturated heterocycles. The third-order valence-corrected chi connectivity index (χ3v) is 2.81. The van der Waals surface area contributed by atoms with Crippen LogP contribution in [0.1, 0.15) is 0 Å². The van der Waals surface area contributed by atoms with E-state index in [2.05, 4.69) is 0 Å². The van der Waals surface area contributed by atoms with Gasteiger partial charge in [-0.2, -0.15) is 0 Å². The molecule has 0 bridgehead atoms. The van der Waals surface area contributed by atoms with Crippen LogP contribution in [0.3, 0.4) is 0 Å². The smallest absolute Gasteiger partial charge is 0.547 e. The monoisotopic (exact) mass is 410 g/mol. The molecule has 0 aromatic carbocycles. The molecular formula is C12H18MgO14. The standard InChI is InChI=1S/2C6H10O7.Mg/c2*7-1-2(8)3(9)4(10)5(11)6(12)13;/h2*1-5,8-11H,(H,12,13);/q;;+2/p-2/t2*2-,3+,4+,5-;/m00./s1. The summed E-state index contributed by atoms with van der Waals surface area (Å²) in [6.07, 6.45) is -17.3. The normalized spacial score (nSPS) is 19.3. The Morgan fingerprint density at radius 3 is 0.963 bits per heavy atom. The van der Waals surface area contributed by atoms with Crippen molar-refractivity contribution in [2.75, 3.05) is 0 Å². The first-order valence-electron chi connectivity index (χ1n) is 6.60. The summed E-state index contributed by atoms with van der Waals surface area (Å²) in [5.41, 5.74) is 0. The van der Waals surface area contributed by atoms with Crippen molar-refractivity contribution in [1.29, 1.82) is 0 Å². The zero-order valence-corrected chi connectivity index (χ0v) is 14.9. The van der Waals surface area contributed by atoms with Crippen molar-refractivity contribution in [3.63, 3.8) is 0 Å². The molecule has 15 heteroatoms. The van der Waals surface area contributed by atoms with Gasteiger partial charge >= 0.3 is 23.1 Å². The Morgan fingerprint density at radius 1 is 0.593 bits per heavy atom. The van der Waals surface area contributed by atoms with Crippen LogP contribution in [-0.4, -0.2) is 137 Å². The molecular weight excluding hydrogens is 392 g/mol. The number of hydrogen-bond donors (Lipinski definition) is 8. The molecule has 0 aliphatic rings. The molecule has 152 valence electrons. The molecule has 0 fully saturated rings. The number of aliphatic hydroxyl groups excluding tert-OH is 8. The maximum Gasteiger partial charge on any atom is 2.00 e. The number of aliphatic carboxylic acids is 2. The van der Waals surface area contributed by atoms with Crippen LogP contribution < -0.4 is 10.2 Å². The number of aliphatic hydroxyl groups is 8. The van der Waals surface area contributed by atoms with Gasteiger partial charge in [0.1, 0.15) is 48.8 Å². The molecule has 14 nitrogen and oxygen atoms in total. The zero-order valence-electron chi connectivity index (χ0n) is 13.5. The van der Waals surface area contributed by atoms with E-state index in [0.717, 1.165) is 0 Å². The van der Waals surface area contributed by atoms with Crippen LogP contribution in [0.5, 0.6) is 0 Å². The second-order valence-corrected chi connectivity index (χ2v) is 4.74. The minimum atomic E-state index is -2.36. The second-order valence-electron chi connectivity index (χ2n) is 4.74. The van der Waals surface area contributed by atoms with Crippen LogP contribution in [0.25, 0.3) is 0 Å². The van der Waals surface area contributed by atoms with Crippen molar-refractivity contribution in [3.8, 4) is 0 Å². The first-order valence-corrected chi connectivity index (χ1v) is 6.60. The predicted molar refractivity (Wildman–Crippen MR) is 76.0 cm³/mol. The first-order chi connectivity index (χ1) is 11.8. The topological polar surface area (TPSA) is 276 Å². The molecule has 0 unspecified atom stereocenters. The van der Waals surface area contributed by atoms with Gasteiger partial charge in [-0.15, -0.1) is 0 Å². The van der Waals surface area contributed by atoms with Crippen molar-refractivity contribution in [1.82, 2.24) is 0 Å². The molecule has 0 heterocycles. The van der Waals surface area contributed by atoms with Crippen LogP contribution in [0.4, 0.5) is 0 Å². The Kier molecular flexibility index (Phi) is 16.6. The van der Waals surface area contributed by atoms with Crippen molar-refractivity contribution in [2.45, 2.75) is 48.8 Å². The third kappa shape index (κ3) is 10.6. The van der Waals surface area contributed by atoms with Crippen molar-refractivity contribution >= 4 is 47.6 Å². The van der Waals surface area contributed by atoms with Crippen molar-refractivity contribution in [3.05, 3.63) is 0 Å². The van der Waals surface area contributed by atoms with Crippen LogP contribution in [0.2, 0.25) is 0 Å². The van der Waals surface area contributed by atoms with E-state index < -0.39 is 60.8 Å². The molecule has 0 aromatic heterocycles. The zero-order chi connectivity index (χ0) is 21.2. The number of hydrogen-bond acceptors (Lipinski definition) is 14. The predicted octanol–water partition coefficient (Wildman–Crippen LogP) is -9.62. The van der Waals surface area contributed by atoms with E-state index in [1.807, 2.05) is 0 Å². The first kappa shape index (κ1) is 30.5. The molecule has 0 saturated carbocycles. The summed E-state index contributed by atoms with van der Waals surface area (Å²) in [6, 6.07) is 0. The Labute approximate surface area is 167 Å². The molecule has 8 atom stereocenters. The number of carboxylic acids is 2. The quantitative estimate of drug-likeness (QED) is 0.123. The molecule has 0 amide bonds. The number of aldehydes is 2. The fourth-order valence-corrected chi connectivity index (χ4v) is 1.22. The number of carboxylic acid groups (broad SMARTS) is 2. The average molecular weight is 411 g/mol. The SMILES string of the molecule is O=C[C@H](O)[C@@H](O)[C@@H](O)[C@H](O)C(=O)[O-].O=C[C@H](O)[C@@H](O)[C@@H](O)[C@H](O)C(=O)[O-].[Mg+2]. The number of rotatable bonds is 10. The van der Waals surface area contributed by atoms with E-state index in [1.165, 1.54) is 0 Å². The maximum absolute atomic E-state index is 9.95. The van der Waals surface area contributed by atoms with Gasteiger partial charge in [-0.1, -0.05) is 0 Å². The molecule has 8 N–H and O–H groups in total. The van der Waals surface area contributed by atoms with Crippen molar-refractivity contribution in [2.24, 2.45) is 0 Å². The van der Waals surface area contributed by atoms with Crippen LogP contribution in [0, 0.1) is 0 Å². The summed E-state index contributed by atoms with van der Waals surface area (Å²) in [5.74, 6) is -4.02. The minimum Gasteiger partial charge on any atom is -0.547 e. The van der Waals surface area contributed by atoms with Gasteiger partial charge in [0.05, 0.1) is 11.9 Å². The van der Waals surface area contributed by atoms with Crippen LogP contribution in [0.15, 0.2) is 0 Å². The van der Waals surface area contributed by atoms with E-state index in [4.69, 9.17) is 40.9 Å². The van der Waals surface area contributed by atoms with Crippen LogP contribution in [-0.2, 0) is 19.2 Å². The molecule has 0 aliphatic carbocycles. The maximum atomic E-state index is 9.95. The van der Waals surface area contributed by atoms with Gasteiger partial charge in [0, 0.05) is 0 Å². The van der Waals surface area contributed by atoms with Gasteiger partial charge in [0.2, 0.25) is 0 Å². The third-order valence-electron chi connectivity index (χ3n) is 2.81. The fraction of sp³-hybridized carbons (Fsp3) is 0.667. The Balaban J connectivity index is -0.000000411.